The summed E-state index contributed by atoms with van der Waals surface area (Å²) in [5.74, 6) is -0.862. The molecule has 3 N–H and O–H groups in total. The number of hydrogen-bond donors (Lipinski definition) is 3. The van der Waals surface area contributed by atoms with E-state index in [9.17, 15) is 19.7 Å². The number of nitro benzene ring substituents is 1. The highest BCUT2D eigenvalue weighted by Crippen LogP contribution is 2.27. The number of nitrogens with zero attached hydrogens (tertiary/aromatic N) is 2. The van der Waals surface area contributed by atoms with Gasteiger partial charge in [0.25, 0.3) is 5.91 Å². The van der Waals surface area contributed by atoms with Gasteiger partial charge < -0.3 is 14.5 Å². The summed E-state index contributed by atoms with van der Waals surface area (Å²) in [6.45, 7) is 1.39. The molecule has 3 aromatic rings. The Bertz CT molecular complexity index is 1180. The van der Waals surface area contributed by atoms with Crippen molar-refractivity contribution in [2.45, 2.75) is 6.92 Å². The Morgan fingerprint density at radius 1 is 1.20 bits per heavy atom. The molecule has 0 aliphatic carbocycles. The minimum atomic E-state index is -0.665. The Balaban J connectivity index is 1.70. The molecule has 30 heavy (non-hydrogen) atoms. The van der Waals surface area contributed by atoms with Gasteiger partial charge in [-0.3, -0.25) is 30.3 Å². The fraction of sp³-hybridized carbons (Fsp3) is 0.111. The van der Waals surface area contributed by atoms with E-state index < -0.39 is 10.8 Å². The number of fused-ring (bicyclic) bond motifs is 1. The highest BCUT2D eigenvalue weighted by molar-refractivity contribution is 7.80. The van der Waals surface area contributed by atoms with Gasteiger partial charge in [0.2, 0.25) is 5.91 Å². The van der Waals surface area contributed by atoms with Crippen LogP contribution < -0.4 is 20.7 Å². The van der Waals surface area contributed by atoms with Crippen molar-refractivity contribution in [3.63, 3.8) is 0 Å². The number of carbonyl (C=O) groups is 2. The topological polar surface area (TPSA) is 149 Å². The molecule has 154 valence electrons. The predicted molar refractivity (Wildman–Crippen MR) is 112 cm³/mol. The van der Waals surface area contributed by atoms with E-state index in [0.717, 1.165) is 6.07 Å². The summed E-state index contributed by atoms with van der Waals surface area (Å²) >= 11 is 5.07. The molecule has 0 saturated carbocycles. The molecule has 3 rings (SSSR count). The molecule has 0 aliphatic rings. The van der Waals surface area contributed by atoms with Crippen molar-refractivity contribution >= 4 is 57.6 Å². The number of anilines is 2. The molecule has 0 fully saturated rings. The van der Waals surface area contributed by atoms with E-state index in [4.69, 9.17) is 21.4 Å². The molecule has 0 unspecified atom stereocenters. The van der Waals surface area contributed by atoms with Crippen LogP contribution in [0.15, 0.2) is 40.8 Å². The number of thiocarbonyl (C=S) groups is 1. The van der Waals surface area contributed by atoms with Gasteiger partial charge in [-0.15, -0.1) is 0 Å². The molecule has 0 saturated heterocycles. The summed E-state index contributed by atoms with van der Waals surface area (Å²) in [5.41, 5.74) is 1.10. The average molecular weight is 429 g/mol. The maximum Gasteiger partial charge on any atom is 0.311 e. The van der Waals surface area contributed by atoms with E-state index in [0.29, 0.717) is 16.8 Å². The van der Waals surface area contributed by atoms with Gasteiger partial charge in [0, 0.05) is 30.3 Å². The molecule has 0 radical (unpaired) electrons. The summed E-state index contributed by atoms with van der Waals surface area (Å²) < 4.78 is 10.4. The van der Waals surface area contributed by atoms with Gasteiger partial charge in [-0.25, -0.2) is 0 Å². The van der Waals surface area contributed by atoms with E-state index in [1.807, 2.05) is 0 Å². The van der Waals surface area contributed by atoms with E-state index in [1.165, 1.54) is 26.2 Å². The van der Waals surface area contributed by atoms with Crippen LogP contribution in [-0.4, -0.2) is 33.9 Å². The normalized spacial score (nSPS) is 10.3. The zero-order valence-electron chi connectivity index (χ0n) is 15.7. The van der Waals surface area contributed by atoms with Crippen molar-refractivity contribution in [1.82, 2.24) is 10.3 Å². The molecular weight excluding hydrogens is 414 g/mol. The van der Waals surface area contributed by atoms with Crippen LogP contribution in [-0.2, 0) is 4.79 Å². The van der Waals surface area contributed by atoms with E-state index >= 15 is 0 Å². The fourth-order valence-electron chi connectivity index (χ4n) is 2.54. The van der Waals surface area contributed by atoms with Crippen LogP contribution in [0, 0.1) is 10.1 Å². The quantitative estimate of drug-likeness (QED) is 0.316. The Labute approximate surface area is 174 Å². The summed E-state index contributed by atoms with van der Waals surface area (Å²) in [4.78, 5) is 38.1. The molecule has 11 nitrogen and oxygen atoms in total. The second-order valence-electron chi connectivity index (χ2n) is 5.93. The molecular formula is C18H15N5O6S. The Kier molecular flexibility index (Phi) is 5.88. The smallest absolute Gasteiger partial charge is 0.311 e. The van der Waals surface area contributed by atoms with Gasteiger partial charge in [-0.05, 0) is 36.5 Å². The average Bonchev–Trinajstić information content (AvgIpc) is 3.07. The highest BCUT2D eigenvalue weighted by Gasteiger charge is 2.19. The molecule has 0 atom stereocenters. The molecule has 0 aliphatic heterocycles. The first kappa shape index (κ1) is 20.7. The Hall–Kier alpha value is -4.06. The summed E-state index contributed by atoms with van der Waals surface area (Å²) in [7, 11) is 1.29. The molecule has 2 amide bonds. The molecule has 1 heterocycles. The number of ether oxygens (including phenoxy) is 1. The number of amides is 2. The zero-order chi connectivity index (χ0) is 21.8. The van der Waals surface area contributed by atoms with Crippen LogP contribution in [0.25, 0.3) is 11.1 Å². The molecule has 0 bridgehead atoms. The van der Waals surface area contributed by atoms with Gasteiger partial charge in [0.05, 0.1) is 12.0 Å². The molecule has 2 aromatic carbocycles. The lowest BCUT2D eigenvalue weighted by Gasteiger charge is -2.07. The van der Waals surface area contributed by atoms with Crippen LogP contribution >= 0.6 is 12.2 Å². The van der Waals surface area contributed by atoms with Gasteiger partial charge >= 0.3 is 11.7 Å². The number of rotatable bonds is 5. The van der Waals surface area contributed by atoms with E-state index in [-0.39, 0.29) is 34.0 Å². The van der Waals surface area contributed by atoms with Crippen LogP contribution in [0.4, 0.5) is 17.4 Å². The van der Waals surface area contributed by atoms with Crippen LogP contribution in [0.2, 0.25) is 0 Å². The third-order valence-corrected chi connectivity index (χ3v) is 4.00. The first-order valence-corrected chi connectivity index (χ1v) is 8.80. The Morgan fingerprint density at radius 3 is 2.63 bits per heavy atom. The number of hydrogen-bond acceptors (Lipinski definition) is 8. The van der Waals surface area contributed by atoms with Crippen LogP contribution in [0.5, 0.6) is 5.75 Å². The number of carbonyl (C=O) groups excluding carboxylic acids is 2. The number of nitrogens with one attached hydrogen (secondary N) is 3. The minimum Gasteiger partial charge on any atom is -0.490 e. The van der Waals surface area contributed by atoms with Crippen molar-refractivity contribution in [2.24, 2.45) is 0 Å². The maximum absolute atomic E-state index is 12.3. The summed E-state index contributed by atoms with van der Waals surface area (Å²) in [6, 6.07) is 8.69. The number of aromatic nitrogens is 1. The van der Waals surface area contributed by atoms with Gasteiger partial charge in [-0.1, -0.05) is 0 Å². The summed E-state index contributed by atoms with van der Waals surface area (Å²) in [5, 5.41) is 18.6. The lowest BCUT2D eigenvalue weighted by atomic mass is 10.2. The first-order chi connectivity index (χ1) is 14.3. The van der Waals surface area contributed by atoms with Gasteiger partial charge in [0.1, 0.15) is 5.52 Å². The van der Waals surface area contributed by atoms with Crippen molar-refractivity contribution in [1.29, 1.82) is 0 Å². The van der Waals surface area contributed by atoms with Crippen molar-refractivity contribution in [3.8, 4) is 5.75 Å². The number of oxazole rings is 1. The summed E-state index contributed by atoms with van der Waals surface area (Å²) in [6.07, 6.45) is 0. The van der Waals surface area contributed by atoms with Gasteiger partial charge in [-0.2, -0.15) is 4.98 Å². The molecule has 12 heteroatoms. The van der Waals surface area contributed by atoms with Crippen LogP contribution in [0.3, 0.4) is 0 Å². The van der Waals surface area contributed by atoms with E-state index in [1.54, 1.807) is 18.2 Å². The minimum absolute atomic E-state index is 0.0177. The number of benzene rings is 2. The molecule has 1 aromatic heterocycles. The predicted octanol–water partition coefficient (Wildman–Crippen LogP) is 2.83. The third-order valence-electron chi connectivity index (χ3n) is 3.79. The first-order valence-electron chi connectivity index (χ1n) is 8.40. The van der Waals surface area contributed by atoms with Gasteiger partial charge in [0.15, 0.2) is 16.4 Å². The van der Waals surface area contributed by atoms with E-state index in [2.05, 4.69) is 20.9 Å². The molecule has 0 spiro atoms. The van der Waals surface area contributed by atoms with Crippen molar-refractivity contribution in [2.75, 3.05) is 17.7 Å². The second kappa shape index (κ2) is 8.53. The lowest BCUT2D eigenvalue weighted by molar-refractivity contribution is -0.385. The SMILES string of the molecule is COc1ccc(C(=O)NC(=S)Nc2nc3ccc(NC(C)=O)cc3o2)cc1[N+](=O)[O-]. The van der Waals surface area contributed by atoms with Crippen LogP contribution in [0.1, 0.15) is 17.3 Å². The maximum atomic E-state index is 12.3. The largest absolute Gasteiger partial charge is 0.490 e. The lowest BCUT2D eigenvalue weighted by Crippen LogP contribution is -2.34. The Morgan fingerprint density at radius 2 is 1.97 bits per heavy atom. The van der Waals surface area contributed by atoms with Crippen molar-refractivity contribution < 1.29 is 23.7 Å². The highest BCUT2D eigenvalue weighted by atomic mass is 32.1. The standard InChI is InChI=1S/C18H15N5O6S/c1-9(24)19-11-4-5-12-15(8-11)29-17(20-12)22-18(30)21-16(25)10-3-6-14(28-2)13(7-10)23(26)27/h3-8H,1-2H3,(H,19,24)(H2,20,21,22,25,30). The van der Waals surface area contributed by atoms with Crippen molar-refractivity contribution in [3.05, 3.63) is 52.1 Å². The monoisotopic (exact) mass is 429 g/mol. The number of nitro groups is 1. The third kappa shape index (κ3) is 4.67. The zero-order valence-corrected chi connectivity index (χ0v) is 16.5. The number of methoxy groups -OCH3 is 1. The second-order valence-corrected chi connectivity index (χ2v) is 6.34. The fourth-order valence-corrected chi connectivity index (χ4v) is 2.72.